The third-order valence-corrected chi connectivity index (χ3v) is 3.23. The van der Waals surface area contributed by atoms with E-state index in [-0.39, 0.29) is 5.41 Å². The van der Waals surface area contributed by atoms with E-state index in [1.54, 1.807) is 0 Å². The lowest BCUT2D eigenvalue weighted by atomic mass is 9.64. The monoisotopic (exact) mass is 168 g/mol. The summed E-state index contributed by atoms with van der Waals surface area (Å²) < 4.78 is 5.29. The second kappa shape index (κ2) is 3.09. The average molecular weight is 168 g/mol. The summed E-state index contributed by atoms with van der Waals surface area (Å²) in [6, 6.07) is 0. The van der Waals surface area contributed by atoms with Gasteiger partial charge in [-0.15, -0.1) is 0 Å². The van der Waals surface area contributed by atoms with Gasteiger partial charge in [0, 0.05) is 5.41 Å². The van der Waals surface area contributed by atoms with E-state index in [0.717, 1.165) is 32.3 Å². The summed E-state index contributed by atoms with van der Waals surface area (Å²) in [5.41, 5.74) is 1.47. The third kappa shape index (κ3) is 1.14. The molecule has 1 aliphatic carbocycles. The van der Waals surface area contributed by atoms with Gasteiger partial charge in [0.25, 0.3) is 0 Å². The van der Waals surface area contributed by atoms with E-state index in [1.807, 2.05) is 6.26 Å². The van der Waals surface area contributed by atoms with E-state index in [4.69, 9.17) is 4.74 Å². The van der Waals surface area contributed by atoms with E-state index in [1.165, 1.54) is 12.0 Å². The Morgan fingerprint density at radius 3 is 2.67 bits per heavy atom. The topological polar surface area (TPSA) is 29.5 Å². The first-order valence-electron chi connectivity index (χ1n) is 4.79. The summed E-state index contributed by atoms with van der Waals surface area (Å²) in [5.74, 6) is 0. The minimum atomic E-state index is 0.125. The molecule has 2 aliphatic rings. The fourth-order valence-electron chi connectivity index (χ4n) is 2.14. The second-order valence-electron chi connectivity index (χ2n) is 3.91. The standard InChI is InChI=1S/C10H16O2/c11-8-10(4-2-5-10)9-3-1-6-12-7-9/h7,11H,1-6,8H2. The number of rotatable bonds is 2. The molecular formula is C10H16O2. The Kier molecular flexibility index (Phi) is 2.09. The Hall–Kier alpha value is -0.500. The largest absolute Gasteiger partial charge is 0.501 e. The van der Waals surface area contributed by atoms with Crippen LogP contribution in [0.5, 0.6) is 0 Å². The first-order valence-corrected chi connectivity index (χ1v) is 4.79. The molecule has 1 heterocycles. The smallest absolute Gasteiger partial charge is 0.0876 e. The quantitative estimate of drug-likeness (QED) is 0.681. The van der Waals surface area contributed by atoms with Crippen LogP contribution in [0.15, 0.2) is 11.8 Å². The zero-order chi connectivity index (χ0) is 8.44. The first-order chi connectivity index (χ1) is 5.87. The van der Waals surface area contributed by atoms with Gasteiger partial charge in [-0.2, -0.15) is 0 Å². The number of hydrogen-bond acceptors (Lipinski definition) is 2. The molecule has 0 radical (unpaired) electrons. The van der Waals surface area contributed by atoms with Crippen molar-refractivity contribution in [1.82, 2.24) is 0 Å². The zero-order valence-corrected chi connectivity index (χ0v) is 7.38. The summed E-state index contributed by atoms with van der Waals surface area (Å²) >= 11 is 0. The molecule has 0 unspecified atom stereocenters. The fourth-order valence-corrected chi connectivity index (χ4v) is 2.14. The van der Waals surface area contributed by atoms with Gasteiger partial charge in [-0.1, -0.05) is 6.42 Å². The molecule has 0 spiro atoms. The molecule has 0 atom stereocenters. The highest BCUT2D eigenvalue weighted by Gasteiger charge is 2.40. The van der Waals surface area contributed by atoms with Crippen LogP contribution in [0.4, 0.5) is 0 Å². The van der Waals surface area contributed by atoms with E-state index in [2.05, 4.69) is 0 Å². The van der Waals surface area contributed by atoms with Crippen LogP contribution in [-0.4, -0.2) is 18.3 Å². The summed E-state index contributed by atoms with van der Waals surface area (Å²) in [6.07, 6.45) is 7.70. The van der Waals surface area contributed by atoms with Gasteiger partial charge in [0.2, 0.25) is 0 Å². The van der Waals surface area contributed by atoms with Crippen LogP contribution >= 0.6 is 0 Å². The summed E-state index contributed by atoms with van der Waals surface area (Å²) in [7, 11) is 0. The van der Waals surface area contributed by atoms with Crippen LogP contribution < -0.4 is 0 Å². The molecule has 1 aliphatic heterocycles. The minimum absolute atomic E-state index is 0.125. The Morgan fingerprint density at radius 2 is 2.25 bits per heavy atom. The highest BCUT2D eigenvalue weighted by molar-refractivity contribution is 5.17. The van der Waals surface area contributed by atoms with Gasteiger partial charge in [-0.05, 0) is 31.3 Å². The first kappa shape index (κ1) is 8.11. The molecule has 0 saturated heterocycles. The molecule has 0 aromatic carbocycles. The lowest BCUT2D eigenvalue weighted by Crippen LogP contribution is -2.36. The lowest BCUT2D eigenvalue weighted by Gasteiger charge is -2.43. The molecule has 0 aromatic heterocycles. The van der Waals surface area contributed by atoms with Crippen molar-refractivity contribution in [2.45, 2.75) is 32.1 Å². The van der Waals surface area contributed by atoms with E-state index < -0.39 is 0 Å². The molecule has 2 heteroatoms. The zero-order valence-electron chi connectivity index (χ0n) is 7.38. The average Bonchev–Trinajstić information content (AvgIpc) is 2.05. The van der Waals surface area contributed by atoms with Gasteiger partial charge in [0.05, 0.1) is 19.5 Å². The lowest BCUT2D eigenvalue weighted by molar-refractivity contribution is 0.0653. The van der Waals surface area contributed by atoms with Crippen molar-refractivity contribution in [2.24, 2.45) is 5.41 Å². The van der Waals surface area contributed by atoms with Crippen molar-refractivity contribution in [3.05, 3.63) is 11.8 Å². The molecule has 2 rings (SSSR count). The van der Waals surface area contributed by atoms with Gasteiger partial charge >= 0.3 is 0 Å². The van der Waals surface area contributed by atoms with Crippen molar-refractivity contribution in [3.8, 4) is 0 Å². The Labute approximate surface area is 73.2 Å². The molecule has 1 fully saturated rings. The summed E-state index contributed by atoms with van der Waals surface area (Å²) in [5, 5.41) is 9.29. The van der Waals surface area contributed by atoms with Crippen LogP contribution in [0.25, 0.3) is 0 Å². The number of aliphatic hydroxyl groups is 1. The van der Waals surface area contributed by atoms with Crippen LogP contribution in [-0.2, 0) is 4.74 Å². The van der Waals surface area contributed by atoms with Crippen molar-refractivity contribution < 1.29 is 9.84 Å². The second-order valence-corrected chi connectivity index (χ2v) is 3.91. The normalized spacial score (nSPS) is 26.9. The van der Waals surface area contributed by atoms with Crippen LogP contribution in [0, 0.1) is 5.41 Å². The van der Waals surface area contributed by atoms with Crippen molar-refractivity contribution >= 4 is 0 Å². The van der Waals surface area contributed by atoms with E-state index >= 15 is 0 Å². The van der Waals surface area contributed by atoms with Crippen LogP contribution in [0.3, 0.4) is 0 Å². The molecule has 68 valence electrons. The molecular weight excluding hydrogens is 152 g/mol. The van der Waals surface area contributed by atoms with Crippen molar-refractivity contribution in [3.63, 3.8) is 0 Å². The molecule has 1 N–H and O–H groups in total. The van der Waals surface area contributed by atoms with Gasteiger partial charge in [-0.25, -0.2) is 0 Å². The van der Waals surface area contributed by atoms with Crippen molar-refractivity contribution in [2.75, 3.05) is 13.2 Å². The Bertz CT molecular complexity index is 187. The summed E-state index contributed by atoms with van der Waals surface area (Å²) in [6.45, 7) is 1.16. The van der Waals surface area contributed by atoms with E-state index in [0.29, 0.717) is 6.61 Å². The predicted octanol–water partition coefficient (Wildman–Crippen LogP) is 1.84. The number of hydrogen-bond donors (Lipinski definition) is 1. The highest BCUT2D eigenvalue weighted by Crippen LogP contribution is 2.48. The van der Waals surface area contributed by atoms with Crippen LogP contribution in [0.1, 0.15) is 32.1 Å². The molecule has 0 amide bonds. The minimum Gasteiger partial charge on any atom is -0.501 e. The van der Waals surface area contributed by atoms with Gasteiger partial charge in [0.15, 0.2) is 0 Å². The molecule has 1 saturated carbocycles. The molecule has 0 aromatic rings. The van der Waals surface area contributed by atoms with Gasteiger partial charge in [0.1, 0.15) is 0 Å². The Balaban J connectivity index is 2.09. The van der Waals surface area contributed by atoms with E-state index in [9.17, 15) is 5.11 Å². The third-order valence-electron chi connectivity index (χ3n) is 3.23. The predicted molar refractivity (Wildman–Crippen MR) is 46.6 cm³/mol. The Morgan fingerprint density at radius 1 is 1.42 bits per heavy atom. The maximum absolute atomic E-state index is 9.29. The molecule has 0 bridgehead atoms. The number of aliphatic hydroxyl groups excluding tert-OH is 1. The fraction of sp³-hybridized carbons (Fsp3) is 0.800. The van der Waals surface area contributed by atoms with Crippen LogP contribution in [0.2, 0.25) is 0 Å². The van der Waals surface area contributed by atoms with Gasteiger partial charge in [-0.3, -0.25) is 0 Å². The SMILES string of the molecule is OCC1(C2=COCCC2)CCC1. The maximum Gasteiger partial charge on any atom is 0.0876 e. The molecule has 12 heavy (non-hydrogen) atoms. The van der Waals surface area contributed by atoms with Gasteiger partial charge < -0.3 is 9.84 Å². The number of ether oxygens (including phenoxy) is 1. The summed E-state index contributed by atoms with van der Waals surface area (Å²) in [4.78, 5) is 0. The molecule has 2 nitrogen and oxygen atoms in total. The highest BCUT2D eigenvalue weighted by atomic mass is 16.5. The van der Waals surface area contributed by atoms with Crippen molar-refractivity contribution in [1.29, 1.82) is 0 Å². The maximum atomic E-state index is 9.29.